The third-order valence-electron chi connectivity index (χ3n) is 2.73. The highest BCUT2D eigenvalue weighted by Crippen LogP contribution is 2.22. The first-order valence-corrected chi connectivity index (χ1v) is 6.73. The second kappa shape index (κ2) is 8.08. The quantitative estimate of drug-likeness (QED) is 0.721. The van der Waals surface area contributed by atoms with Crippen LogP contribution in [0.5, 0.6) is 5.75 Å². The lowest BCUT2D eigenvalue weighted by molar-refractivity contribution is -0.159. The van der Waals surface area contributed by atoms with Crippen LogP contribution in [-0.4, -0.2) is 42.0 Å². The van der Waals surface area contributed by atoms with E-state index in [1.165, 1.54) is 18.2 Å². The van der Waals surface area contributed by atoms with Crippen molar-refractivity contribution in [2.75, 3.05) is 6.61 Å². The highest BCUT2D eigenvalue weighted by molar-refractivity contribution is 5.84. The molecule has 0 spiro atoms. The molecule has 0 aromatic heterocycles. The number of nitrogens with one attached hydrogen (secondary N) is 1. The number of carbonyl (C=O) groups excluding carboxylic acids is 1. The molecule has 0 aliphatic rings. The van der Waals surface area contributed by atoms with Gasteiger partial charge in [-0.2, -0.15) is 26.3 Å². The third kappa shape index (κ3) is 8.82. The average molecular weight is 373 g/mol. The number of aliphatic carboxylic acids is 1. The number of ether oxygens (including phenoxy) is 1. The van der Waals surface area contributed by atoms with E-state index in [1.807, 2.05) is 0 Å². The zero-order valence-corrected chi connectivity index (χ0v) is 12.4. The summed E-state index contributed by atoms with van der Waals surface area (Å²) in [6.45, 7) is -1.55. The fraction of sp³-hybridized carbons (Fsp3) is 0.429. The van der Waals surface area contributed by atoms with Gasteiger partial charge in [0.15, 0.2) is 6.61 Å². The van der Waals surface area contributed by atoms with Gasteiger partial charge in [-0.05, 0) is 17.7 Å². The summed E-state index contributed by atoms with van der Waals surface area (Å²) < 4.78 is 77.5. The largest absolute Gasteiger partial charge is 0.484 e. The molecule has 1 aromatic carbocycles. The number of alkyl halides is 6. The van der Waals surface area contributed by atoms with Crippen molar-refractivity contribution in [1.29, 1.82) is 0 Å². The van der Waals surface area contributed by atoms with Crippen molar-refractivity contribution in [3.63, 3.8) is 0 Å². The van der Waals surface area contributed by atoms with Crippen LogP contribution in [0.4, 0.5) is 26.3 Å². The molecule has 25 heavy (non-hydrogen) atoms. The summed E-state index contributed by atoms with van der Waals surface area (Å²) in [4.78, 5) is 22.4. The van der Waals surface area contributed by atoms with Gasteiger partial charge in [-0.25, -0.2) is 4.79 Å². The Morgan fingerprint density at radius 1 is 1.12 bits per heavy atom. The molecule has 1 unspecified atom stereocenters. The molecule has 11 heteroatoms. The summed E-state index contributed by atoms with van der Waals surface area (Å²) in [5.41, 5.74) is 0.147. The zero-order valence-electron chi connectivity index (χ0n) is 12.4. The van der Waals surface area contributed by atoms with Gasteiger partial charge in [-0.15, -0.1) is 0 Å². The van der Waals surface area contributed by atoms with Gasteiger partial charge in [-0.1, -0.05) is 12.1 Å². The maximum atomic E-state index is 12.3. The van der Waals surface area contributed by atoms with E-state index in [-0.39, 0.29) is 11.3 Å². The molecular weight excluding hydrogens is 360 g/mol. The molecule has 1 amide bonds. The van der Waals surface area contributed by atoms with Crippen molar-refractivity contribution in [2.45, 2.75) is 31.2 Å². The second-order valence-electron chi connectivity index (χ2n) is 5.01. The minimum absolute atomic E-state index is 0.147. The molecule has 0 saturated carbocycles. The Hall–Kier alpha value is -2.46. The summed E-state index contributed by atoms with van der Waals surface area (Å²) in [5, 5.41) is 10.4. The van der Waals surface area contributed by atoms with E-state index >= 15 is 0 Å². The molecule has 0 heterocycles. The van der Waals surface area contributed by atoms with Crippen LogP contribution in [0.3, 0.4) is 0 Å². The van der Waals surface area contributed by atoms with Gasteiger partial charge in [0.1, 0.15) is 11.8 Å². The predicted molar refractivity (Wildman–Crippen MR) is 71.9 cm³/mol. The van der Waals surface area contributed by atoms with Crippen LogP contribution in [0.2, 0.25) is 0 Å². The monoisotopic (exact) mass is 373 g/mol. The maximum absolute atomic E-state index is 12.3. The van der Waals surface area contributed by atoms with Crippen molar-refractivity contribution in [3.05, 3.63) is 29.8 Å². The number of hydrogen-bond donors (Lipinski definition) is 2. The fourth-order valence-corrected chi connectivity index (χ4v) is 1.77. The number of carboxylic acids is 1. The fourth-order valence-electron chi connectivity index (χ4n) is 1.77. The highest BCUT2D eigenvalue weighted by atomic mass is 19.4. The van der Waals surface area contributed by atoms with Crippen molar-refractivity contribution >= 4 is 11.9 Å². The Kier molecular flexibility index (Phi) is 6.65. The van der Waals surface area contributed by atoms with Gasteiger partial charge >= 0.3 is 18.3 Å². The van der Waals surface area contributed by atoms with Gasteiger partial charge in [0.25, 0.3) is 0 Å². The van der Waals surface area contributed by atoms with E-state index in [9.17, 15) is 35.9 Å². The zero-order chi connectivity index (χ0) is 19.3. The number of halogens is 6. The Balaban J connectivity index is 2.68. The topological polar surface area (TPSA) is 75.6 Å². The summed E-state index contributed by atoms with van der Waals surface area (Å²) in [6.07, 6.45) is -11.6. The van der Waals surface area contributed by atoms with E-state index in [0.29, 0.717) is 0 Å². The lowest BCUT2D eigenvalue weighted by atomic mass is 10.1. The number of carbonyl (C=O) groups is 2. The Morgan fingerprint density at radius 2 is 1.76 bits per heavy atom. The van der Waals surface area contributed by atoms with Gasteiger partial charge in [0.05, 0.1) is 12.8 Å². The summed E-state index contributed by atoms with van der Waals surface area (Å²) >= 11 is 0. The molecule has 1 rings (SSSR count). The van der Waals surface area contributed by atoms with Crippen LogP contribution >= 0.6 is 0 Å². The van der Waals surface area contributed by atoms with Crippen molar-refractivity contribution in [2.24, 2.45) is 0 Å². The Labute approximate surface area is 137 Å². The average Bonchev–Trinajstić information content (AvgIpc) is 2.42. The van der Waals surface area contributed by atoms with Crippen LogP contribution in [0.15, 0.2) is 24.3 Å². The van der Waals surface area contributed by atoms with E-state index < -0.39 is 49.7 Å². The standard InChI is InChI=1S/C14H13F6NO4/c15-13(16,17)6-10(12(23)24)21-11(22)5-8-2-1-3-9(4-8)25-7-14(18,19)20/h1-4,10H,5-7H2,(H,21,22)(H,23,24). The van der Waals surface area contributed by atoms with Crippen molar-refractivity contribution in [3.8, 4) is 5.75 Å². The lowest BCUT2D eigenvalue weighted by Gasteiger charge is -2.16. The lowest BCUT2D eigenvalue weighted by Crippen LogP contribution is -2.44. The smallest absolute Gasteiger partial charge is 0.422 e. The number of carboxylic acid groups (broad SMARTS) is 1. The van der Waals surface area contributed by atoms with Crippen LogP contribution in [0.1, 0.15) is 12.0 Å². The number of rotatable bonds is 7. The third-order valence-corrected chi connectivity index (χ3v) is 2.73. The molecular formula is C14H13F6NO4. The SMILES string of the molecule is O=C(Cc1cccc(OCC(F)(F)F)c1)NC(CC(F)(F)F)C(=O)O. The molecule has 0 saturated heterocycles. The maximum Gasteiger partial charge on any atom is 0.422 e. The molecule has 1 aromatic rings. The van der Waals surface area contributed by atoms with Crippen LogP contribution in [-0.2, 0) is 16.0 Å². The normalized spacial score (nSPS) is 13.2. The molecule has 1 atom stereocenters. The Bertz CT molecular complexity index is 614. The van der Waals surface area contributed by atoms with Gasteiger partial charge in [0.2, 0.25) is 5.91 Å². The predicted octanol–water partition coefficient (Wildman–Crippen LogP) is 2.69. The van der Waals surface area contributed by atoms with E-state index in [4.69, 9.17) is 5.11 Å². The first-order chi connectivity index (χ1) is 11.4. The molecule has 0 bridgehead atoms. The Morgan fingerprint density at radius 3 is 2.28 bits per heavy atom. The molecule has 0 fully saturated rings. The summed E-state index contributed by atoms with van der Waals surface area (Å²) in [7, 11) is 0. The van der Waals surface area contributed by atoms with Crippen molar-refractivity contribution < 1.29 is 45.8 Å². The second-order valence-corrected chi connectivity index (χ2v) is 5.01. The minimum atomic E-state index is -4.79. The molecule has 2 N–H and O–H groups in total. The summed E-state index contributed by atoms with van der Waals surface area (Å²) in [5.74, 6) is -3.06. The van der Waals surface area contributed by atoms with Gasteiger partial charge < -0.3 is 15.2 Å². The van der Waals surface area contributed by atoms with Crippen molar-refractivity contribution in [1.82, 2.24) is 5.32 Å². The van der Waals surface area contributed by atoms with Gasteiger partial charge in [0, 0.05) is 0 Å². The number of hydrogen-bond acceptors (Lipinski definition) is 3. The molecule has 140 valence electrons. The molecule has 0 aliphatic carbocycles. The molecule has 5 nitrogen and oxygen atoms in total. The first kappa shape index (κ1) is 20.6. The molecule has 0 aliphatic heterocycles. The van der Waals surface area contributed by atoms with E-state index in [2.05, 4.69) is 4.74 Å². The number of amides is 1. The first-order valence-electron chi connectivity index (χ1n) is 6.73. The van der Waals surface area contributed by atoms with E-state index in [0.717, 1.165) is 6.07 Å². The van der Waals surface area contributed by atoms with Gasteiger partial charge in [-0.3, -0.25) is 4.79 Å². The highest BCUT2D eigenvalue weighted by Gasteiger charge is 2.36. The van der Waals surface area contributed by atoms with Crippen LogP contribution in [0.25, 0.3) is 0 Å². The van der Waals surface area contributed by atoms with Crippen LogP contribution < -0.4 is 10.1 Å². The minimum Gasteiger partial charge on any atom is -0.484 e. The molecule has 0 radical (unpaired) electrons. The van der Waals surface area contributed by atoms with E-state index in [1.54, 1.807) is 5.32 Å². The van der Waals surface area contributed by atoms with Crippen LogP contribution in [0, 0.1) is 0 Å². The summed E-state index contributed by atoms with van der Waals surface area (Å²) in [6, 6.07) is 2.78. The number of benzene rings is 1.